The Morgan fingerprint density at radius 3 is 2.75 bits per heavy atom. The number of ether oxygens (including phenoxy) is 1. The lowest BCUT2D eigenvalue weighted by Gasteiger charge is -2.16. The second kappa shape index (κ2) is 6.37. The summed E-state index contributed by atoms with van der Waals surface area (Å²) in [6, 6.07) is 5.18. The number of Topliss-reactive ketones (excluding diaryl/α,β-unsaturated/α-hetero) is 1. The Hall–Kier alpha value is -2.10. The third kappa shape index (κ3) is 2.74. The molecule has 20 heavy (non-hydrogen) atoms. The molecular weight excluding hydrogens is 254 g/mol. The van der Waals surface area contributed by atoms with Crippen LogP contribution in [-0.4, -0.2) is 25.3 Å². The summed E-state index contributed by atoms with van der Waals surface area (Å²) >= 11 is 0. The van der Waals surface area contributed by atoms with Crippen LogP contribution in [0.25, 0.3) is 0 Å². The van der Waals surface area contributed by atoms with E-state index in [0.717, 1.165) is 25.7 Å². The zero-order valence-corrected chi connectivity index (χ0v) is 11.7. The smallest absolute Gasteiger partial charge is 0.299 e. The van der Waals surface area contributed by atoms with Crippen molar-refractivity contribution in [3.63, 3.8) is 0 Å². The normalized spacial score (nSPS) is 13.6. The van der Waals surface area contributed by atoms with Crippen molar-refractivity contribution in [1.82, 2.24) is 0 Å². The van der Waals surface area contributed by atoms with Gasteiger partial charge >= 0.3 is 0 Å². The molecule has 0 unspecified atom stereocenters. The third-order valence-corrected chi connectivity index (χ3v) is 3.47. The maximum Gasteiger partial charge on any atom is 0.299 e. The first-order valence-corrected chi connectivity index (χ1v) is 6.84. The summed E-state index contributed by atoms with van der Waals surface area (Å²) in [5, 5.41) is 0. The van der Waals surface area contributed by atoms with E-state index in [4.69, 9.17) is 4.74 Å². The van der Waals surface area contributed by atoms with Crippen molar-refractivity contribution in [2.24, 2.45) is 0 Å². The van der Waals surface area contributed by atoms with Gasteiger partial charge in [-0.15, -0.1) is 6.58 Å². The highest BCUT2D eigenvalue weighted by molar-refractivity contribution is 6.52. The number of carbonyl (C=O) groups excluding carboxylic acids is 2. The lowest BCUT2D eigenvalue weighted by atomic mass is 10.1. The Kier molecular flexibility index (Phi) is 4.56. The van der Waals surface area contributed by atoms with Gasteiger partial charge in [-0.1, -0.05) is 12.5 Å². The van der Waals surface area contributed by atoms with Crippen molar-refractivity contribution in [2.45, 2.75) is 25.7 Å². The van der Waals surface area contributed by atoms with Gasteiger partial charge in [0.15, 0.2) is 0 Å². The van der Waals surface area contributed by atoms with Crippen molar-refractivity contribution >= 4 is 17.4 Å². The van der Waals surface area contributed by atoms with Crippen LogP contribution >= 0.6 is 0 Å². The van der Waals surface area contributed by atoms with E-state index >= 15 is 0 Å². The van der Waals surface area contributed by atoms with Gasteiger partial charge in [0.2, 0.25) is 0 Å². The molecule has 1 amide bonds. The average Bonchev–Trinajstić information content (AvgIpc) is 2.71. The second-order valence-corrected chi connectivity index (χ2v) is 4.81. The maximum absolute atomic E-state index is 12.0. The van der Waals surface area contributed by atoms with E-state index in [1.54, 1.807) is 30.2 Å². The molecule has 1 aromatic carbocycles. The van der Waals surface area contributed by atoms with Gasteiger partial charge in [-0.25, -0.2) is 0 Å². The fourth-order valence-corrected chi connectivity index (χ4v) is 2.36. The summed E-state index contributed by atoms with van der Waals surface area (Å²) in [4.78, 5) is 25.5. The summed E-state index contributed by atoms with van der Waals surface area (Å²) in [6.45, 7) is 4.27. The highest BCUT2D eigenvalue weighted by Gasteiger charge is 2.35. The molecule has 0 aliphatic carbocycles. The number of allylic oxidation sites excluding steroid dienone is 1. The minimum Gasteiger partial charge on any atom is -0.497 e. The summed E-state index contributed by atoms with van der Waals surface area (Å²) in [6.07, 6.45) is 5.86. The highest BCUT2D eigenvalue weighted by Crippen LogP contribution is 2.32. The molecular formula is C16H19NO3. The zero-order valence-electron chi connectivity index (χ0n) is 11.7. The first-order valence-electron chi connectivity index (χ1n) is 6.84. The Morgan fingerprint density at radius 2 is 2.05 bits per heavy atom. The second-order valence-electron chi connectivity index (χ2n) is 4.81. The molecule has 0 saturated heterocycles. The molecule has 0 radical (unpaired) electrons. The number of rotatable bonds is 7. The quantitative estimate of drug-likeness (QED) is 0.436. The molecule has 0 fully saturated rings. The monoisotopic (exact) mass is 273 g/mol. The number of amides is 1. The molecule has 0 aromatic heterocycles. The first-order chi connectivity index (χ1) is 9.69. The van der Waals surface area contributed by atoms with E-state index in [2.05, 4.69) is 6.58 Å². The Bertz CT molecular complexity index is 537. The van der Waals surface area contributed by atoms with Crippen molar-refractivity contribution < 1.29 is 14.3 Å². The van der Waals surface area contributed by atoms with E-state index in [1.165, 1.54) is 0 Å². The van der Waals surface area contributed by atoms with Gasteiger partial charge in [0.25, 0.3) is 11.7 Å². The van der Waals surface area contributed by atoms with Crippen LogP contribution in [0.5, 0.6) is 5.75 Å². The van der Waals surface area contributed by atoms with E-state index < -0.39 is 11.7 Å². The fourth-order valence-electron chi connectivity index (χ4n) is 2.36. The molecule has 4 nitrogen and oxygen atoms in total. The predicted molar refractivity (Wildman–Crippen MR) is 78.3 cm³/mol. The molecule has 1 aliphatic rings. The Balaban J connectivity index is 2.07. The summed E-state index contributed by atoms with van der Waals surface area (Å²) in [5.41, 5.74) is 1.14. The average molecular weight is 273 g/mol. The van der Waals surface area contributed by atoms with Crippen LogP contribution in [-0.2, 0) is 4.79 Å². The minimum atomic E-state index is -0.440. The molecule has 0 atom stereocenters. The largest absolute Gasteiger partial charge is 0.497 e. The number of hydrogen-bond acceptors (Lipinski definition) is 3. The van der Waals surface area contributed by atoms with Crippen molar-refractivity contribution in [3.8, 4) is 5.75 Å². The molecule has 1 heterocycles. The lowest BCUT2D eigenvalue weighted by Crippen LogP contribution is -2.30. The van der Waals surface area contributed by atoms with Gasteiger partial charge in [-0.3, -0.25) is 9.59 Å². The van der Waals surface area contributed by atoms with E-state index in [9.17, 15) is 9.59 Å². The molecule has 0 N–H and O–H groups in total. The van der Waals surface area contributed by atoms with E-state index in [1.807, 2.05) is 6.08 Å². The van der Waals surface area contributed by atoms with Crippen LogP contribution in [0.4, 0.5) is 5.69 Å². The van der Waals surface area contributed by atoms with Gasteiger partial charge in [0, 0.05) is 6.54 Å². The van der Waals surface area contributed by atoms with E-state index in [0.29, 0.717) is 23.5 Å². The fraction of sp³-hybridized carbons (Fsp3) is 0.375. The summed E-state index contributed by atoms with van der Waals surface area (Å²) in [5.74, 6) is -0.278. The number of ketones is 1. The molecule has 4 heteroatoms. The molecule has 0 bridgehead atoms. The van der Waals surface area contributed by atoms with Gasteiger partial charge in [-0.05, 0) is 37.5 Å². The highest BCUT2D eigenvalue weighted by atomic mass is 16.5. The van der Waals surface area contributed by atoms with Crippen LogP contribution in [0.15, 0.2) is 30.9 Å². The molecule has 0 saturated carbocycles. The minimum absolute atomic E-state index is 0.433. The van der Waals surface area contributed by atoms with Crippen LogP contribution in [0.1, 0.15) is 36.0 Å². The van der Waals surface area contributed by atoms with Gasteiger partial charge in [-0.2, -0.15) is 0 Å². The number of hydrogen-bond donors (Lipinski definition) is 0. The number of fused-ring (bicyclic) bond motifs is 1. The Labute approximate surface area is 119 Å². The number of carbonyl (C=O) groups is 2. The van der Waals surface area contributed by atoms with Crippen molar-refractivity contribution in [3.05, 3.63) is 36.4 Å². The van der Waals surface area contributed by atoms with Crippen molar-refractivity contribution in [1.29, 1.82) is 0 Å². The SMILES string of the molecule is C=CCCCCCN1C(=O)C(=O)c2cc(OC)ccc21. The van der Waals surface area contributed by atoms with Gasteiger partial charge in [0.05, 0.1) is 18.4 Å². The molecule has 106 valence electrons. The van der Waals surface area contributed by atoms with Crippen LogP contribution in [0.2, 0.25) is 0 Å². The molecule has 1 aliphatic heterocycles. The van der Waals surface area contributed by atoms with Crippen LogP contribution < -0.4 is 9.64 Å². The summed E-state index contributed by atoms with van der Waals surface area (Å²) < 4.78 is 5.09. The third-order valence-electron chi connectivity index (χ3n) is 3.47. The first kappa shape index (κ1) is 14.3. The number of methoxy groups -OCH3 is 1. The van der Waals surface area contributed by atoms with Crippen LogP contribution in [0, 0.1) is 0 Å². The van der Waals surface area contributed by atoms with E-state index in [-0.39, 0.29) is 0 Å². The number of benzene rings is 1. The molecule has 2 rings (SSSR count). The zero-order chi connectivity index (χ0) is 14.5. The number of anilines is 1. The summed E-state index contributed by atoms with van der Waals surface area (Å²) in [7, 11) is 1.54. The maximum atomic E-state index is 12.0. The van der Waals surface area contributed by atoms with Gasteiger partial charge in [0.1, 0.15) is 5.75 Å². The van der Waals surface area contributed by atoms with Gasteiger partial charge < -0.3 is 9.64 Å². The van der Waals surface area contributed by atoms with Crippen LogP contribution in [0.3, 0.4) is 0 Å². The number of nitrogens with zero attached hydrogens (tertiary/aromatic N) is 1. The van der Waals surface area contributed by atoms with Crippen molar-refractivity contribution in [2.75, 3.05) is 18.6 Å². The Morgan fingerprint density at radius 1 is 1.25 bits per heavy atom. The molecule has 0 spiro atoms. The topological polar surface area (TPSA) is 46.6 Å². The lowest BCUT2D eigenvalue weighted by molar-refractivity contribution is -0.114. The predicted octanol–water partition coefficient (Wildman–Crippen LogP) is 2.97. The number of unbranched alkanes of at least 4 members (excludes halogenated alkanes) is 3. The standard InChI is InChI=1S/C16H19NO3/c1-3-4-5-6-7-10-17-14-9-8-12(20-2)11-13(14)15(18)16(17)19/h3,8-9,11H,1,4-7,10H2,2H3. The molecule has 1 aromatic rings.